The third-order valence-corrected chi connectivity index (χ3v) is 4.59. The normalized spacial score (nSPS) is 15.9. The topological polar surface area (TPSA) is 77.0 Å². The zero-order valence-corrected chi connectivity index (χ0v) is 17.4. The Bertz CT molecular complexity index is 826. The van der Waals surface area contributed by atoms with E-state index in [0.29, 0.717) is 49.2 Å². The Kier molecular flexibility index (Phi) is 6.74. The van der Waals surface area contributed by atoms with Gasteiger partial charge in [-0.1, -0.05) is 0 Å². The molecule has 0 aliphatic carbocycles. The fourth-order valence-electron chi connectivity index (χ4n) is 3.16. The summed E-state index contributed by atoms with van der Waals surface area (Å²) in [7, 11) is 3.81. The van der Waals surface area contributed by atoms with Gasteiger partial charge in [0.15, 0.2) is 17.3 Å². The molecule has 3 rings (SSSR count). The predicted octanol–water partition coefficient (Wildman–Crippen LogP) is 2.63. The van der Waals surface area contributed by atoms with Gasteiger partial charge in [-0.25, -0.2) is 0 Å². The third-order valence-electron chi connectivity index (χ3n) is 4.59. The summed E-state index contributed by atoms with van der Waals surface area (Å²) in [6.45, 7) is 6.00. The van der Waals surface area contributed by atoms with Gasteiger partial charge in [-0.3, -0.25) is 4.79 Å². The van der Waals surface area contributed by atoms with E-state index in [1.807, 2.05) is 38.9 Å². The highest BCUT2D eigenvalue weighted by Gasteiger charge is 2.29. The van der Waals surface area contributed by atoms with Crippen LogP contribution in [0.4, 0.5) is 5.82 Å². The van der Waals surface area contributed by atoms with Crippen molar-refractivity contribution in [3.63, 3.8) is 0 Å². The molecule has 1 saturated heterocycles. The molecular weight excluding hydrogens is 372 g/mol. The SMILES string of the molecule is CCOc1ccc(C(=O)N2CCC(Oc3ccc(N(C)C)nn3)C2)cc1OCC. The fraction of sp³-hybridized carbons (Fsp3) is 0.476. The Morgan fingerprint density at radius 1 is 1.10 bits per heavy atom. The van der Waals surface area contributed by atoms with Crippen LogP contribution in [0.3, 0.4) is 0 Å². The van der Waals surface area contributed by atoms with Crippen LogP contribution in [-0.4, -0.2) is 67.5 Å². The van der Waals surface area contributed by atoms with Crippen LogP contribution < -0.4 is 19.1 Å². The Morgan fingerprint density at radius 2 is 1.86 bits per heavy atom. The Balaban J connectivity index is 1.63. The average Bonchev–Trinajstić information content (AvgIpc) is 3.18. The number of anilines is 1. The van der Waals surface area contributed by atoms with E-state index in [1.165, 1.54) is 0 Å². The molecule has 8 nitrogen and oxygen atoms in total. The van der Waals surface area contributed by atoms with Gasteiger partial charge in [-0.2, -0.15) is 0 Å². The van der Waals surface area contributed by atoms with E-state index in [4.69, 9.17) is 14.2 Å². The number of carbonyl (C=O) groups is 1. The van der Waals surface area contributed by atoms with Gasteiger partial charge in [-0.05, 0) is 38.1 Å². The van der Waals surface area contributed by atoms with E-state index in [0.717, 1.165) is 12.2 Å². The van der Waals surface area contributed by atoms with E-state index in [2.05, 4.69) is 10.2 Å². The Hall–Kier alpha value is -3.03. The van der Waals surface area contributed by atoms with Gasteiger partial charge in [0.2, 0.25) is 5.88 Å². The molecule has 1 fully saturated rings. The van der Waals surface area contributed by atoms with Crippen molar-refractivity contribution in [2.75, 3.05) is 45.3 Å². The summed E-state index contributed by atoms with van der Waals surface area (Å²) in [6, 6.07) is 8.96. The van der Waals surface area contributed by atoms with Crippen molar-refractivity contribution in [3.8, 4) is 17.4 Å². The minimum atomic E-state index is -0.104. The highest BCUT2D eigenvalue weighted by Crippen LogP contribution is 2.29. The number of rotatable bonds is 8. The molecule has 0 spiro atoms. The molecule has 0 saturated carbocycles. The molecule has 1 amide bonds. The molecule has 1 aliphatic rings. The number of aromatic nitrogens is 2. The van der Waals surface area contributed by atoms with Crippen LogP contribution in [0.15, 0.2) is 30.3 Å². The summed E-state index contributed by atoms with van der Waals surface area (Å²) < 4.78 is 17.1. The van der Waals surface area contributed by atoms with Gasteiger partial charge in [0.25, 0.3) is 5.91 Å². The lowest BCUT2D eigenvalue weighted by atomic mass is 10.1. The lowest BCUT2D eigenvalue weighted by molar-refractivity contribution is 0.0770. The first-order valence-corrected chi connectivity index (χ1v) is 9.88. The maximum atomic E-state index is 12.9. The van der Waals surface area contributed by atoms with Gasteiger partial charge in [0.05, 0.1) is 19.8 Å². The fourth-order valence-corrected chi connectivity index (χ4v) is 3.16. The van der Waals surface area contributed by atoms with Crippen molar-refractivity contribution in [3.05, 3.63) is 35.9 Å². The molecule has 29 heavy (non-hydrogen) atoms. The first-order chi connectivity index (χ1) is 14.0. The zero-order chi connectivity index (χ0) is 20.8. The van der Waals surface area contributed by atoms with Crippen LogP contribution in [0.2, 0.25) is 0 Å². The molecule has 0 bridgehead atoms. The summed E-state index contributed by atoms with van der Waals surface area (Å²) in [5, 5.41) is 8.22. The molecule has 1 unspecified atom stereocenters. The first-order valence-electron chi connectivity index (χ1n) is 9.88. The quantitative estimate of drug-likeness (QED) is 0.674. The summed E-state index contributed by atoms with van der Waals surface area (Å²) >= 11 is 0. The van der Waals surface area contributed by atoms with Gasteiger partial charge < -0.3 is 24.0 Å². The number of hydrogen-bond donors (Lipinski definition) is 0. The van der Waals surface area contributed by atoms with Crippen LogP contribution >= 0.6 is 0 Å². The van der Waals surface area contributed by atoms with E-state index < -0.39 is 0 Å². The lowest BCUT2D eigenvalue weighted by Gasteiger charge is -2.18. The van der Waals surface area contributed by atoms with E-state index in [9.17, 15) is 4.79 Å². The maximum Gasteiger partial charge on any atom is 0.254 e. The van der Waals surface area contributed by atoms with Gasteiger partial charge >= 0.3 is 0 Å². The minimum absolute atomic E-state index is 0.0471. The number of carbonyl (C=O) groups excluding carboxylic acids is 1. The van der Waals surface area contributed by atoms with Crippen molar-refractivity contribution >= 4 is 11.7 Å². The molecular formula is C21H28N4O4. The molecule has 2 aromatic rings. The van der Waals surface area contributed by atoms with Crippen molar-refractivity contribution < 1.29 is 19.0 Å². The molecule has 2 heterocycles. The number of likely N-dealkylation sites (tertiary alicyclic amines) is 1. The number of hydrogen-bond acceptors (Lipinski definition) is 7. The molecule has 8 heteroatoms. The van der Waals surface area contributed by atoms with Crippen molar-refractivity contribution in [2.24, 2.45) is 0 Å². The van der Waals surface area contributed by atoms with Crippen LogP contribution in [0.1, 0.15) is 30.6 Å². The average molecular weight is 400 g/mol. The van der Waals surface area contributed by atoms with Gasteiger partial charge in [0, 0.05) is 38.7 Å². The molecule has 1 aromatic heterocycles. The van der Waals surface area contributed by atoms with E-state index >= 15 is 0 Å². The van der Waals surface area contributed by atoms with Crippen molar-refractivity contribution in [2.45, 2.75) is 26.4 Å². The second kappa shape index (κ2) is 9.45. The number of ether oxygens (including phenoxy) is 3. The molecule has 1 aromatic carbocycles. The first kappa shape index (κ1) is 20.7. The van der Waals surface area contributed by atoms with Crippen LogP contribution in [-0.2, 0) is 0 Å². The van der Waals surface area contributed by atoms with E-state index in [1.54, 1.807) is 29.2 Å². The smallest absolute Gasteiger partial charge is 0.254 e. The summed E-state index contributed by atoms with van der Waals surface area (Å²) in [4.78, 5) is 16.6. The van der Waals surface area contributed by atoms with Crippen LogP contribution in [0, 0.1) is 0 Å². The molecule has 1 atom stereocenters. The monoisotopic (exact) mass is 400 g/mol. The molecule has 0 N–H and O–H groups in total. The Labute approximate surface area is 171 Å². The third kappa shape index (κ3) is 5.07. The van der Waals surface area contributed by atoms with Crippen molar-refractivity contribution in [1.82, 2.24) is 15.1 Å². The largest absolute Gasteiger partial charge is 0.490 e. The summed E-state index contributed by atoms with van der Waals surface area (Å²) in [6.07, 6.45) is 0.644. The zero-order valence-electron chi connectivity index (χ0n) is 17.4. The highest BCUT2D eigenvalue weighted by molar-refractivity contribution is 5.95. The molecule has 156 valence electrons. The van der Waals surface area contributed by atoms with Crippen LogP contribution in [0.5, 0.6) is 17.4 Å². The van der Waals surface area contributed by atoms with Crippen LogP contribution in [0.25, 0.3) is 0 Å². The standard InChI is InChI=1S/C21H28N4O4/c1-5-27-17-8-7-15(13-18(17)28-6-2)21(26)25-12-11-16(14-25)29-20-10-9-19(22-23-20)24(3)4/h7-10,13,16H,5-6,11-12,14H2,1-4H3. The maximum absolute atomic E-state index is 12.9. The lowest BCUT2D eigenvalue weighted by Crippen LogP contribution is -2.31. The van der Waals surface area contributed by atoms with E-state index in [-0.39, 0.29) is 12.0 Å². The van der Waals surface area contributed by atoms with Crippen molar-refractivity contribution in [1.29, 1.82) is 0 Å². The number of amides is 1. The summed E-state index contributed by atoms with van der Waals surface area (Å²) in [5.41, 5.74) is 0.577. The second-order valence-corrected chi connectivity index (χ2v) is 6.93. The Morgan fingerprint density at radius 3 is 2.52 bits per heavy atom. The molecule has 0 radical (unpaired) electrons. The minimum Gasteiger partial charge on any atom is -0.490 e. The number of nitrogens with zero attached hydrogens (tertiary/aromatic N) is 4. The van der Waals surface area contributed by atoms with Gasteiger partial charge in [-0.15, -0.1) is 10.2 Å². The van der Waals surface area contributed by atoms with Gasteiger partial charge in [0.1, 0.15) is 6.10 Å². The molecule has 1 aliphatic heterocycles. The summed E-state index contributed by atoms with van der Waals surface area (Å²) in [5.74, 6) is 2.42. The number of benzene rings is 1. The predicted molar refractivity (Wildman–Crippen MR) is 110 cm³/mol. The highest BCUT2D eigenvalue weighted by atomic mass is 16.5. The second-order valence-electron chi connectivity index (χ2n) is 6.93.